The molecule has 0 N–H and O–H groups in total. The van der Waals surface area contributed by atoms with Gasteiger partial charge in [-0.3, -0.25) is 0 Å². The topological polar surface area (TPSA) is 9.86 Å². The highest BCUT2D eigenvalue weighted by atomic mass is 32.1. The molecule has 0 amide bonds. The lowest BCUT2D eigenvalue weighted by atomic mass is 10.0. The third kappa shape index (κ3) is 3.12. The van der Waals surface area contributed by atoms with Crippen molar-refractivity contribution in [2.75, 3.05) is 0 Å². The van der Waals surface area contributed by atoms with Gasteiger partial charge in [-0.1, -0.05) is 97.1 Å². The van der Waals surface area contributed by atoms with Crippen LogP contribution < -0.4 is 0 Å². The number of rotatable bonds is 2. The fraction of sp³-hybridized carbons (Fsp3) is 0. The van der Waals surface area contributed by atoms with Crippen LogP contribution in [0.15, 0.2) is 146 Å². The zero-order chi connectivity index (χ0) is 28.1. The SMILES string of the molecule is c1ccc(-n2c3cc4c5ccc6sc7ccccc7c6c5n(-c5ccccc5)c4cc3c3ccc4ccccc4c32)cc1. The van der Waals surface area contributed by atoms with Crippen molar-refractivity contribution in [3.8, 4) is 11.4 Å². The third-order valence-electron chi connectivity index (χ3n) is 9.07. The number of thiophene rings is 1. The molecule has 0 radical (unpaired) electrons. The molecule has 0 atom stereocenters. The fourth-order valence-electron chi connectivity index (χ4n) is 7.27. The van der Waals surface area contributed by atoms with Gasteiger partial charge in [0.1, 0.15) is 0 Å². The zero-order valence-electron chi connectivity index (χ0n) is 23.2. The first-order chi connectivity index (χ1) is 21.3. The maximum absolute atomic E-state index is 2.50. The smallest absolute Gasteiger partial charge is 0.0634 e. The van der Waals surface area contributed by atoms with Crippen LogP contribution in [0.5, 0.6) is 0 Å². The summed E-state index contributed by atoms with van der Waals surface area (Å²) < 4.78 is 7.62. The second-order valence-corrected chi connectivity index (χ2v) is 12.4. The number of aromatic nitrogens is 2. The largest absolute Gasteiger partial charge is 0.309 e. The van der Waals surface area contributed by atoms with Crippen LogP contribution in [0.3, 0.4) is 0 Å². The van der Waals surface area contributed by atoms with Crippen LogP contribution in [-0.4, -0.2) is 9.13 Å². The molecule has 3 heterocycles. The highest BCUT2D eigenvalue weighted by Crippen LogP contribution is 2.45. The van der Waals surface area contributed by atoms with Gasteiger partial charge in [-0.15, -0.1) is 11.3 Å². The van der Waals surface area contributed by atoms with Crippen molar-refractivity contribution in [2.45, 2.75) is 0 Å². The lowest BCUT2D eigenvalue weighted by Gasteiger charge is -2.10. The predicted octanol–water partition coefficient (Wildman–Crippen LogP) is 11.4. The van der Waals surface area contributed by atoms with E-state index in [2.05, 4.69) is 155 Å². The van der Waals surface area contributed by atoms with Crippen LogP contribution in [0.2, 0.25) is 0 Å². The molecule has 3 aromatic heterocycles. The van der Waals surface area contributed by atoms with E-state index in [0.717, 1.165) is 0 Å². The Morgan fingerprint density at radius 2 is 0.930 bits per heavy atom. The van der Waals surface area contributed by atoms with Gasteiger partial charge in [-0.05, 0) is 53.9 Å². The Labute approximate surface area is 251 Å². The summed E-state index contributed by atoms with van der Waals surface area (Å²) in [7, 11) is 0. The van der Waals surface area contributed by atoms with E-state index in [4.69, 9.17) is 0 Å². The number of fused-ring (bicyclic) bond motifs is 12. The minimum absolute atomic E-state index is 1.18. The average Bonchev–Trinajstić information content (AvgIpc) is 3.72. The van der Waals surface area contributed by atoms with E-state index in [9.17, 15) is 0 Å². The number of hydrogen-bond donors (Lipinski definition) is 0. The van der Waals surface area contributed by atoms with Gasteiger partial charge in [0, 0.05) is 58.5 Å². The monoisotopic (exact) mass is 564 g/mol. The molecule has 10 rings (SSSR count). The third-order valence-corrected chi connectivity index (χ3v) is 10.2. The molecule has 0 bridgehead atoms. The van der Waals surface area contributed by atoms with Crippen LogP contribution in [0, 0.1) is 0 Å². The van der Waals surface area contributed by atoms with Crippen LogP contribution in [0.4, 0.5) is 0 Å². The van der Waals surface area contributed by atoms with Crippen molar-refractivity contribution < 1.29 is 0 Å². The normalized spacial score (nSPS) is 12.2. The Morgan fingerprint density at radius 3 is 1.65 bits per heavy atom. The Balaban J connectivity index is 1.47. The van der Waals surface area contributed by atoms with Gasteiger partial charge in [0.2, 0.25) is 0 Å². The molecular weight excluding hydrogens is 541 g/mol. The second-order valence-electron chi connectivity index (χ2n) is 11.3. The first kappa shape index (κ1) is 23.2. The molecule has 10 aromatic rings. The van der Waals surface area contributed by atoms with Crippen LogP contribution >= 0.6 is 11.3 Å². The van der Waals surface area contributed by atoms with E-state index in [0.29, 0.717) is 0 Å². The van der Waals surface area contributed by atoms with Gasteiger partial charge < -0.3 is 9.13 Å². The summed E-state index contributed by atoms with van der Waals surface area (Å²) in [6, 6.07) is 53.4. The van der Waals surface area contributed by atoms with Gasteiger partial charge in [-0.2, -0.15) is 0 Å². The van der Waals surface area contributed by atoms with Crippen molar-refractivity contribution in [1.29, 1.82) is 0 Å². The summed E-state index contributed by atoms with van der Waals surface area (Å²) >= 11 is 1.88. The van der Waals surface area contributed by atoms with Crippen molar-refractivity contribution >= 4 is 85.9 Å². The Kier molecular flexibility index (Phi) is 4.63. The molecule has 0 fully saturated rings. The van der Waals surface area contributed by atoms with Gasteiger partial charge in [0.25, 0.3) is 0 Å². The first-order valence-electron chi connectivity index (χ1n) is 14.7. The number of hydrogen-bond acceptors (Lipinski definition) is 1. The predicted molar refractivity (Wildman–Crippen MR) is 186 cm³/mol. The van der Waals surface area contributed by atoms with Crippen molar-refractivity contribution in [3.05, 3.63) is 146 Å². The second kappa shape index (κ2) is 8.57. The number of nitrogens with zero attached hydrogens (tertiary/aromatic N) is 2. The Morgan fingerprint density at radius 1 is 0.372 bits per heavy atom. The molecule has 0 aliphatic rings. The van der Waals surface area contributed by atoms with Gasteiger partial charge in [0.05, 0.1) is 22.1 Å². The van der Waals surface area contributed by atoms with Crippen LogP contribution in [-0.2, 0) is 0 Å². The number of para-hydroxylation sites is 2. The van der Waals surface area contributed by atoms with Gasteiger partial charge in [0.15, 0.2) is 0 Å². The molecule has 0 saturated carbocycles. The van der Waals surface area contributed by atoms with E-state index in [-0.39, 0.29) is 0 Å². The molecule has 3 heteroatoms. The molecule has 0 saturated heterocycles. The molecular formula is C40H24N2S. The van der Waals surface area contributed by atoms with Gasteiger partial charge in [-0.25, -0.2) is 0 Å². The molecule has 0 aliphatic carbocycles. The minimum Gasteiger partial charge on any atom is -0.309 e. The van der Waals surface area contributed by atoms with E-state index in [1.165, 1.54) is 85.9 Å². The summed E-state index contributed by atoms with van der Waals surface area (Å²) in [5.41, 5.74) is 7.36. The first-order valence-corrected chi connectivity index (χ1v) is 15.5. The highest BCUT2D eigenvalue weighted by Gasteiger charge is 2.22. The molecule has 7 aromatic carbocycles. The molecule has 200 valence electrons. The summed E-state index contributed by atoms with van der Waals surface area (Å²) in [5, 5.41) is 10.3. The average molecular weight is 565 g/mol. The van der Waals surface area contributed by atoms with Gasteiger partial charge >= 0.3 is 0 Å². The van der Waals surface area contributed by atoms with Crippen molar-refractivity contribution in [2.24, 2.45) is 0 Å². The van der Waals surface area contributed by atoms with Crippen LogP contribution in [0.25, 0.3) is 85.9 Å². The summed E-state index contributed by atoms with van der Waals surface area (Å²) in [4.78, 5) is 0. The lowest BCUT2D eigenvalue weighted by molar-refractivity contribution is 1.18. The molecule has 2 nitrogen and oxygen atoms in total. The molecule has 0 unspecified atom stereocenters. The number of benzene rings is 7. The van der Waals surface area contributed by atoms with E-state index in [1.807, 2.05) is 11.3 Å². The van der Waals surface area contributed by atoms with Crippen molar-refractivity contribution in [1.82, 2.24) is 9.13 Å². The quantitative estimate of drug-likeness (QED) is 0.198. The Hall–Kier alpha value is -5.38. The van der Waals surface area contributed by atoms with E-state index < -0.39 is 0 Å². The summed E-state index contributed by atoms with van der Waals surface area (Å²) in [5.74, 6) is 0. The van der Waals surface area contributed by atoms with E-state index in [1.54, 1.807) is 0 Å². The van der Waals surface area contributed by atoms with Crippen molar-refractivity contribution in [3.63, 3.8) is 0 Å². The minimum atomic E-state index is 1.18. The molecule has 43 heavy (non-hydrogen) atoms. The maximum atomic E-state index is 2.50. The fourth-order valence-corrected chi connectivity index (χ4v) is 8.38. The zero-order valence-corrected chi connectivity index (χ0v) is 24.0. The highest BCUT2D eigenvalue weighted by molar-refractivity contribution is 7.26. The van der Waals surface area contributed by atoms with Crippen LogP contribution in [0.1, 0.15) is 0 Å². The summed E-state index contributed by atoms with van der Waals surface area (Å²) in [6.07, 6.45) is 0. The van der Waals surface area contributed by atoms with E-state index >= 15 is 0 Å². The maximum Gasteiger partial charge on any atom is 0.0634 e. The molecule has 0 aliphatic heterocycles. The lowest BCUT2D eigenvalue weighted by Crippen LogP contribution is -1.95. The summed E-state index contributed by atoms with van der Waals surface area (Å²) in [6.45, 7) is 0. The Bertz CT molecular complexity index is 2710. The standard InChI is InChI=1S/C40H24N2S/c1-3-12-26(13-4-1)41-34-24-33-30-21-22-37-38(31-17-9-10-18-36(31)43-37)40(30)42(27-14-5-2-6-15-27)35(33)23-32(34)29-20-19-25-11-7-8-16-28(25)39(29)41/h1-24H. The molecule has 0 spiro atoms.